The molecule has 0 bridgehead atoms. The average molecular weight is 343 g/mol. The second kappa shape index (κ2) is 6.98. The van der Waals surface area contributed by atoms with Crippen LogP contribution in [0.4, 0.5) is 0 Å². The van der Waals surface area contributed by atoms with Gasteiger partial charge < -0.3 is 10.6 Å². The van der Waals surface area contributed by atoms with Crippen molar-refractivity contribution in [2.75, 3.05) is 13.1 Å². The second-order valence-corrected chi connectivity index (χ2v) is 7.04. The van der Waals surface area contributed by atoms with Gasteiger partial charge in [0.2, 0.25) is 0 Å². The minimum Gasteiger partial charge on any atom is -0.347 e. The fourth-order valence-electron chi connectivity index (χ4n) is 2.84. The van der Waals surface area contributed by atoms with E-state index in [-0.39, 0.29) is 24.4 Å². The maximum absolute atomic E-state index is 12.4. The number of aromatic nitrogens is 2. The van der Waals surface area contributed by atoms with Crippen LogP contribution < -0.4 is 10.6 Å². The molecular formula is C15H23ClN4OS. The first-order valence-electron chi connectivity index (χ1n) is 7.54. The summed E-state index contributed by atoms with van der Waals surface area (Å²) in [5.41, 5.74) is 1.07. The van der Waals surface area contributed by atoms with E-state index in [9.17, 15) is 4.79 Å². The summed E-state index contributed by atoms with van der Waals surface area (Å²) in [4.78, 5) is 14.3. The number of carbonyl (C=O) groups is 1. The molecule has 1 atom stereocenters. The number of nitrogens with zero attached hydrogens (tertiary/aromatic N) is 2. The first kappa shape index (κ1) is 17.2. The minimum atomic E-state index is 0. The van der Waals surface area contributed by atoms with Crippen LogP contribution in [-0.2, 0) is 7.05 Å². The molecule has 1 saturated heterocycles. The van der Waals surface area contributed by atoms with Crippen LogP contribution in [-0.4, -0.2) is 34.8 Å². The first-order chi connectivity index (χ1) is 10.1. The molecule has 0 radical (unpaired) electrons. The van der Waals surface area contributed by atoms with Gasteiger partial charge in [0, 0.05) is 25.0 Å². The van der Waals surface area contributed by atoms with Crippen molar-refractivity contribution in [1.82, 2.24) is 20.4 Å². The first-order valence-corrected chi connectivity index (χ1v) is 8.36. The monoisotopic (exact) mass is 342 g/mol. The number of carbonyl (C=O) groups excluding carboxylic acids is 1. The van der Waals surface area contributed by atoms with Crippen LogP contribution in [0.1, 0.15) is 48.0 Å². The Bertz CT molecular complexity index is 658. The molecule has 2 aromatic rings. The van der Waals surface area contributed by atoms with E-state index < -0.39 is 0 Å². The zero-order valence-corrected chi connectivity index (χ0v) is 14.8. The lowest BCUT2D eigenvalue weighted by Gasteiger charge is -2.23. The van der Waals surface area contributed by atoms with Gasteiger partial charge in [-0.15, -0.1) is 23.7 Å². The number of thiophene rings is 1. The van der Waals surface area contributed by atoms with E-state index in [1.54, 1.807) is 0 Å². The fraction of sp³-hybridized carbons (Fsp3) is 0.600. The zero-order chi connectivity index (χ0) is 15.0. The Morgan fingerprint density at radius 2 is 2.32 bits per heavy atom. The quantitative estimate of drug-likeness (QED) is 0.901. The Kier molecular flexibility index (Phi) is 5.47. The van der Waals surface area contributed by atoms with E-state index >= 15 is 0 Å². The van der Waals surface area contributed by atoms with Gasteiger partial charge in [0.25, 0.3) is 5.91 Å². The molecule has 7 heteroatoms. The molecule has 5 nitrogen and oxygen atoms in total. The third kappa shape index (κ3) is 3.29. The summed E-state index contributed by atoms with van der Waals surface area (Å²) in [6.45, 7) is 6.19. The van der Waals surface area contributed by atoms with E-state index in [0.717, 1.165) is 46.7 Å². The highest BCUT2D eigenvalue weighted by Gasteiger charge is 2.21. The molecule has 1 fully saturated rings. The molecule has 0 aliphatic carbocycles. The maximum atomic E-state index is 12.4. The normalized spacial score (nSPS) is 18.5. The fourth-order valence-corrected chi connectivity index (χ4v) is 3.82. The molecule has 3 heterocycles. The van der Waals surface area contributed by atoms with Gasteiger partial charge in [-0.3, -0.25) is 9.48 Å². The van der Waals surface area contributed by atoms with Gasteiger partial charge in [-0.25, -0.2) is 0 Å². The summed E-state index contributed by atoms with van der Waals surface area (Å²) < 4.78 is 1.88. The molecule has 1 amide bonds. The van der Waals surface area contributed by atoms with Crippen LogP contribution >= 0.6 is 23.7 Å². The number of aryl methyl sites for hydroxylation is 1. The number of nitrogens with one attached hydrogen (secondary N) is 2. The maximum Gasteiger partial charge on any atom is 0.261 e. The Labute approximate surface area is 140 Å². The van der Waals surface area contributed by atoms with Gasteiger partial charge in [-0.05, 0) is 31.4 Å². The van der Waals surface area contributed by atoms with Crippen molar-refractivity contribution in [2.24, 2.45) is 7.05 Å². The van der Waals surface area contributed by atoms with E-state index in [4.69, 9.17) is 0 Å². The summed E-state index contributed by atoms with van der Waals surface area (Å²) in [7, 11) is 1.94. The Hall–Kier alpha value is -1.11. The molecule has 1 aliphatic heterocycles. The summed E-state index contributed by atoms with van der Waals surface area (Å²) in [6, 6.07) is 2.24. The molecule has 0 saturated carbocycles. The standard InChI is InChI=1S/C15H22N4OS.ClH/c1-9(2)13-11-7-12(21-15(11)19(3)18-13)14(20)17-10-5-4-6-16-8-10;/h7,9-10,16H,4-6,8H2,1-3H3,(H,17,20);1H/t10-;/m0./s1. The molecule has 2 N–H and O–H groups in total. The van der Waals surface area contributed by atoms with Crippen molar-refractivity contribution in [3.8, 4) is 0 Å². The van der Waals surface area contributed by atoms with E-state index in [1.807, 2.05) is 17.8 Å². The number of hydrogen-bond donors (Lipinski definition) is 2. The smallest absolute Gasteiger partial charge is 0.261 e. The van der Waals surface area contributed by atoms with Gasteiger partial charge in [0.1, 0.15) is 4.83 Å². The number of hydrogen-bond acceptors (Lipinski definition) is 4. The van der Waals surface area contributed by atoms with Crippen LogP contribution in [0.5, 0.6) is 0 Å². The Morgan fingerprint density at radius 3 is 2.95 bits per heavy atom. The third-order valence-electron chi connectivity index (χ3n) is 3.94. The van der Waals surface area contributed by atoms with Crippen molar-refractivity contribution in [2.45, 2.75) is 38.6 Å². The Morgan fingerprint density at radius 1 is 1.55 bits per heavy atom. The van der Waals surface area contributed by atoms with Crippen molar-refractivity contribution in [3.63, 3.8) is 0 Å². The highest BCUT2D eigenvalue weighted by atomic mass is 35.5. The molecule has 0 unspecified atom stereocenters. The van der Waals surface area contributed by atoms with Crippen LogP contribution in [0.15, 0.2) is 6.07 Å². The number of rotatable bonds is 3. The van der Waals surface area contributed by atoms with Crippen molar-refractivity contribution in [3.05, 3.63) is 16.6 Å². The topological polar surface area (TPSA) is 59.0 Å². The van der Waals surface area contributed by atoms with Crippen LogP contribution in [0.3, 0.4) is 0 Å². The zero-order valence-electron chi connectivity index (χ0n) is 13.2. The Balaban J connectivity index is 0.00000176. The van der Waals surface area contributed by atoms with E-state index in [2.05, 4.69) is 29.6 Å². The second-order valence-electron chi connectivity index (χ2n) is 6.01. The lowest BCUT2D eigenvalue weighted by molar-refractivity contribution is 0.0935. The van der Waals surface area contributed by atoms with E-state index in [1.165, 1.54) is 11.3 Å². The summed E-state index contributed by atoms with van der Waals surface area (Å²) >= 11 is 1.53. The van der Waals surface area contributed by atoms with Crippen LogP contribution in [0.25, 0.3) is 10.2 Å². The highest BCUT2D eigenvalue weighted by Crippen LogP contribution is 2.31. The van der Waals surface area contributed by atoms with Gasteiger partial charge >= 0.3 is 0 Å². The van der Waals surface area contributed by atoms with Crippen LogP contribution in [0.2, 0.25) is 0 Å². The number of piperidine rings is 1. The van der Waals surface area contributed by atoms with Gasteiger partial charge in [0.05, 0.1) is 10.6 Å². The molecule has 1 aliphatic rings. The predicted octanol–water partition coefficient (Wildman–Crippen LogP) is 2.66. The van der Waals surface area contributed by atoms with Gasteiger partial charge in [-0.2, -0.15) is 5.10 Å². The number of halogens is 1. The lowest BCUT2D eigenvalue weighted by atomic mass is 10.1. The van der Waals surface area contributed by atoms with Gasteiger partial charge in [-0.1, -0.05) is 13.8 Å². The van der Waals surface area contributed by atoms with E-state index in [0.29, 0.717) is 5.92 Å². The SMILES string of the molecule is CC(C)c1nn(C)c2sc(C(=O)N[C@H]3CCCNC3)cc12.Cl. The number of fused-ring (bicyclic) bond motifs is 1. The molecule has 3 rings (SSSR count). The summed E-state index contributed by atoms with van der Waals surface area (Å²) in [5.74, 6) is 0.404. The third-order valence-corrected chi connectivity index (χ3v) is 5.14. The predicted molar refractivity (Wildman–Crippen MR) is 93.3 cm³/mol. The molecule has 2 aromatic heterocycles. The van der Waals surface area contributed by atoms with Gasteiger partial charge in [0.15, 0.2) is 0 Å². The number of amides is 1. The molecular weight excluding hydrogens is 320 g/mol. The largest absolute Gasteiger partial charge is 0.347 e. The van der Waals surface area contributed by atoms with Crippen molar-refractivity contribution < 1.29 is 4.79 Å². The van der Waals surface area contributed by atoms with Crippen molar-refractivity contribution >= 4 is 39.9 Å². The molecule has 0 spiro atoms. The molecule has 22 heavy (non-hydrogen) atoms. The minimum absolute atomic E-state index is 0. The molecule has 0 aromatic carbocycles. The van der Waals surface area contributed by atoms with Crippen LogP contribution in [0, 0.1) is 0 Å². The summed E-state index contributed by atoms with van der Waals surface area (Å²) in [5, 5.41) is 12.1. The summed E-state index contributed by atoms with van der Waals surface area (Å²) in [6.07, 6.45) is 2.18. The highest BCUT2D eigenvalue weighted by molar-refractivity contribution is 7.20. The molecule has 122 valence electrons. The average Bonchev–Trinajstić information content (AvgIpc) is 3.01. The lowest BCUT2D eigenvalue weighted by Crippen LogP contribution is -2.45. The van der Waals surface area contributed by atoms with Crippen molar-refractivity contribution in [1.29, 1.82) is 0 Å².